The Bertz CT molecular complexity index is 842. The van der Waals surface area contributed by atoms with Crippen molar-refractivity contribution in [3.05, 3.63) is 53.6 Å². The van der Waals surface area contributed by atoms with Gasteiger partial charge in [-0.2, -0.15) is 0 Å². The molecule has 2 aromatic carbocycles. The van der Waals surface area contributed by atoms with Crippen molar-refractivity contribution >= 4 is 22.3 Å². The van der Waals surface area contributed by atoms with Gasteiger partial charge in [0.05, 0.1) is 18.8 Å². The van der Waals surface area contributed by atoms with Gasteiger partial charge < -0.3 is 9.84 Å². The first-order valence-electron chi connectivity index (χ1n) is 8.30. The minimum atomic E-state index is -0.405. The van der Waals surface area contributed by atoms with E-state index in [0.717, 1.165) is 16.5 Å². The fourth-order valence-corrected chi connectivity index (χ4v) is 4.20. The fourth-order valence-electron chi connectivity index (χ4n) is 4.20. The molecule has 0 aromatic heterocycles. The number of carbonyl (C=O) groups excluding carboxylic acids is 1. The second-order valence-corrected chi connectivity index (χ2v) is 6.70. The van der Waals surface area contributed by atoms with Crippen LogP contribution >= 0.6 is 0 Å². The highest BCUT2D eigenvalue weighted by Gasteiger charge is 2.47. The summed E-state index contributed by atoms with van der Waals surface area (Å²) in [6, 6.07) is 14.5. The van der Waals surface area contributed by atoms with Crippen LogP contribution in [0.1, 0.15) is 18.4 Å². The van der Waals surface area contributed by atoms with Gasteiger partial charge in [0.15, 0.2) is 0 Å². The predicted molar refractivity (Wildman–Crippen MR) is 93.5 cm³/mol. The Kier molecular flexibility index (Phi) is 3.66. The molecule has 2 aliphatic rings. The Balaban J connectivity index is 1.88. The zero-order valence-corrected chi connectivity index (χ0v) is 13.9. The lowest BCUT2D eigenvalue weighted by molar-refractivity contribution is -0.136. The molecule has 2 aromatic rings. The zero-order chi connectivity index (χ0) is 16.8. The number of fused-ring (bicyclic) bond motifs is 3. The van der Waals surface area contributed by atoms with Gasteiger partial charge >= 0.3 is 5.97 Å². The SMILES string of the molecule is COC(=O)C1=C(c2ccc3ccccc3c2)C[C@@H]2[C@@H](O)C[C@H]1N2C. The third-order valence-corrected chi connectivity index (χ3v) is 5.50. The number of aliphatic hydroxyl groups is 1. The Morgan fingerprint density at radius 3 is 2.71 bits per heavy atom. The Morgan fingerprint density at radius 2 is 1.96 bits per heavy atom. The average Bonchev–Trinajstić information content (AvgIpc) is 2.79. The average molecular weight is 323 g/mol. The van der Waals surface area contributed by atoms with Gasteiger partial charge in [0.1, 0.15) is 0 Å². The molecule has 1 fully saturated rings. The molecule has 0 radical (unpaired) electrons. The minimum absolute atomic E-state index is 0.0601. The molecule has 2 heterocycles. The smallest absolute Gasteiger partial charge is 0.335 e. The molecule has 0 spiro atoms. The molecule has 0 aliphatic carbocycles. The minimum Gasteiger partial charge on any atom is -0.466 e. The van der Waals surface area contributed by atoms with Crippen LogP contribution in [0.2, 0.25) is 0 Å². The lowest BCUT2D eigenvalue weighted by Gasteiger charge is -2.34. The maximum Gasteiger partial charge on any atom is 0.335 e. The van der Waals surface area contributed by atoms with E-state index in [1.165, 1.54) is 12.5 Å². The van der Waals surface area contributed by atoms with Crippen molar-refractivity contribution in [1.29, 1.82) is 0 Å². The van der Waals surface area contributed by atoms with Crippen LogP contribution in [0.4, 0.5) is 0 Å². The fraction of sp³-hybridized carbons (Fsp3) is 0.350. The lowest BCUT2D eigenvalue weighted by Crippen LogP contribution is -2.42. The Morgan fingerprint density at radius 1 is 1.21 bits per heavy atom. The molecule has 0 saturated carbocycles. The van der Waals surface area contributed by atoms with Crippen LogP contribution in [-0.2, 0) is 9.53 Å². The first kappa shape index (κ1) is 15.4. The van der Waals surface area contributed by atoms with Gasteiger partial charge in [-0.1, -0.05) is 36.4 Å². The van der Waals surface area contributed by atoms with Crippen molar-refractivity contribution in [2.75, 3.05) is 14.2 Å². The summed E-state index contributed by atoms with van der Waals surface area (Å²) in [5.41, 5.74) is 2.76. The number of likely N-dealkylation sites (N-methyl/N-ethyl adjacent to an activating group) is 1. The van der Waals surface area contributed by atoms with Crippen molar-refractivity contribution in [3.63, 3.8) is 0 Å². The lowest BCUT2D eigenvalue weighted by atomic mass is 9.88. The molecule has 24 heavy (non-hydrogen) atoms. The van der Waals surface area contributed by atoms with Crippen LogP contribution in [0, 0.1) is 0 Å². The van der Waals surface area contributed by atoms with E-state index in [9.17, 15) is 9.90 Å². The summed E-state index contributed by atoms with van der Waals surface area (Å²) in [5.74, 6) is -0.289. The van der Waals surface area contributed by atoms with Gasteiger partial charge in [-0.3, -0.25) is 4.90 Å². The van der Waals surface area contributed by atoms with E-state index in [2.05, 4.69) is 35.2 Å². The van der Waals surface area contributed by atoms with E-state index in [4.69, 9.17) is 4.74 Å². The highest BCUT2D eigenvalue weighted by Crippen LogP contribution is 2.43. The number of hydrogen-bond acceptors (Lipinski definition) is 4. The summed E-state index contributed by atoms with van der Waals surface area (Å²) in [5, 5.41) is 12.7. The summed E-state index contributed by atoms with van der Waals surface area (Å²) in [4.78, 5) is 14.6. The van der Waals surface area contributed by atoms with Crippen LogP contribution in [0.25, 0.3) is 16.3 Å². The van der Waals surface area contributed by atoms with Crippen LogP contribution in [-0.4, -0.2) is 48.3 Å². The summed E-state index contributed by atoms with van der Waals surface area (Å²) >= 11 is 0. The second-order valence-electron chi connectivity index (χ2n) is 6.70. The Labute approximate surface area is 141 Å². The molecule has 4 heteroatoms. The molecule has 1 N–H and O–H groups in total. The number of methoxy groups -OCH3 is 1. The third-order valence-electron chi connectivity index (χ3n) is 5.50. The molecule has 2 bridgehead atoms. The molecule has 1 saturated heterocycles. The Hall–Kier alpha value is -2.17. The number of aliphatic hydroxyl groups excluding tert-OH is 1. The van der Waals surface area contributed by atoms with E-state index in [1.807, 2.05) is 19.2 Å². The number of benzene rings is 2. The number of carbonyl (C=O) groups is 1. The molecule has 4 rings (SSSR count). The van der Waals surface area contributed by atoms with E-state index in [0.29, 0.717) is 18.4 Å². The molecular weight excluding hydrogens is 302 g/mol. The molecule has 4 nitrogen and oxygen atoms in total. The number of rotatable bonds is 2. The van der Waals surface area contributed by atoms with Gasteiger partial charge in [-0.05, 0) is 47.9 Å². The van der Waals surface area contributed by atoms with Crippen molar-refractivity contribution < 1.29 is 14.6 Å². The van der Waals surface area contributed by atoms with Gasteiger partial charge in [-0.15, -0.1) is 0 Å². The number of ether oxygens (including phenoxy) is 1. The predicted octanol–water partition coefficient (Wildman–Crippen LogP) is 2.60. The van der Waals surface area contributed by atoms with E-state index < -0.39 is 6.10 Å². The number of esters is 1. The largest absolute Gasteiger partial charge is 0.466 e. The summed E-state index contributed by atoms with van der Waals surface area (Å²) in [6.07, 6.45) is 0.845. The first-order valence-corrected chi connectivity index (χ1v) is 8.30. The van der Waals surface area contributed by atoms with Crippen molar-refractivity contribution in [1.82, 2.24) is 4.90 Å². The molecular formula is C20H21NO3. The van der Waals surface area contributed by atoms with Crippen LogP contribution in [0.3, 0.4) is 0 Å². The maximum atomic E-state index is 12.5. The zero-order valence-electron chi connectivity index (χ0n) is 13.9. The van der Waals surface area contributed by atoms with Gasteiger partial charge in [0, 0.05) is 12.1 Å². The second kappa shape index (κ2) is 5.72. The highest BCUT2D eigenvalue weighted by molar-refractivity contribution is 6.01. The highest BCUT2D eigenvalue weighted by atomic mass is 16.5. The standard InChI is InChI=1S/C20H21NO3/c1-21-16-10-15(19(20(23)24-2)17(21)11-18(16)22)14-8-7-12-5-3-4-6-13(12)9-14/h3-9,16-18,22H,10-11H2,1-2H3/t16-,17-,18+/m1/s1. The van der Waals surface area contributed by atoms with Crippen LogP contribution in [0.15, 0.2) is 48.0 Å². The van der Waals surface area contributed by atoms with Crippen molar-refractivity contribution in [2.45, 2.75) is 31.0 Å². The van der Waals surface area contributed by atoms with Gasteiger partial charge in [0.2, 0.25) is 0 Å². The monoisotopic (exact) mass is 323 g/mol. The van der Waals surface area contributed by atoms with Crippen LogP contribution in [0.5, 0.6) is 0 Å². The molecule has 2 aliphatic heterocycles. The summed E-state index contributed by atoms with van der Waals surface area (Å²) in [6.45, 7) is 0. The normalized spacial score (nSPS) is 26.9. The van der Waals surface area contributed by atoms with Gasteiger partial charge in [-0.25, -0.2) is 4.79 Å². The first-order chi connectivity index (χ1) is 11.6. The molecule has 0 unspecified atom stereocenters. The number of nitrogens with zero attached hydrogens (tertiary/aromatic N) is 1. The summed E-state index contributed by atoms with van der Waals surface area (Å²) in [7, 11) is 3.40. The third kappa shape index (κ3) is 2.26. The van der Waals surface area contributed by atoms with E-state index in [1.54, 1.807) is 0 Å². The quantitative estimate of drug-likeness (QED) is 0.863. The summed E-state index contributed by atoms with van der Waals surface area (Å²) < 4.78 is 5.06. The topological polar surface area (TPSA) is 49.8 Å². The van der Waals surface area contributed by atoms with Crippen LogP contribution < -0.4 is 0 Å². The van der Waals surface area contributed by atoms with Crippen molar-refractivity contribution in [2.24, 2.45) is 0 Å². The maximum absolute atomic E-state index is 12.5. The molecule has 3 atom stereocenters. The molecule has 0 amide bonds. The molecule has 124 valence electrons. The van der Waals surface area contributed by atoms with Gasteiger partial charge in [0.25, 0.3) is 0 Å². The van der Waals surface area contributed by atoms with Crippen molar-refractivity contribution in [3.8, 4) is 0 Å². The number of hydrogen-bond donors (Lipinski definition) is 1. The van der Waals surface area contributed by atoms with E-state index >= 15 is 0 Å². The van der Waals surface area contributed by atoms with E-state index in [-0.39, 0.29) is 18.1 Å².